The van der Waals surface area contributed by atoms with Crippen LogP contribution in [-0.4, -0.2) is 47.3 Å². The summed E-state index contributed by atoms with van der Waals surface area (Å²) in [6.07, 6.45) is 3.94. The predicted octanol–water partition coefficient (Wildman–Crippen LogP) is 3.43. The summed E-state index contributed by atoms with van der Waals surface area (Å²) in [7, 11) is 1.76. The molecule has 1 aliphatic heterocycles. The number of benzene rings is 1. The maximum Gasteiger partial charge on any atom is 0.246 e. The summed E-state index contributed by atoms with van der Waals surface area (Å²) >= 11 is 6.04. The summed E-state index contributed by atoms with van der Waals surface area (Å²) < 4.78 is 5.35. The summed E-state index contributed by atoms with van der Waals surface area (Å²) in [6, 6.07) is 11.9. The van der Waals surface area contributed by atoms with E-state index < -0.39 is 0 Å². The number of anilines is 1. The smallest absolute Gasteiger partial charge is 0.246 e. The molecular formula is C22H26ClN7O. The highest BCUT2D eigenvalue weighted by Crippen LogP contribution is 2.20. The van der Waals surface area contributed by atoms with Crippen molar-refractivity contribution in [3.05, 3.63) is 59.1 Å². The molecule has 1 aliphatic rings. The van der Waals surface area contributed by atoms with Crippen molar-refractivity contribution in [1.29, 1.82) is 0 Å². The Hall–Kier alpha value is -3.13. The lowest BCUT2D eigenvalue weighted by Crippen LogP contribution is -2.48. The number of pyridine rings is 1. The molecule has 0 unspecified atom stereocenters. The van der Waals surface area contributed by atoms with Gasteiger partial charge in [0.1, 0.15) is 5.82 Å². The van der Waals surface area contributed by atoms with E-state index in [1.54, 1.807) is 7.05 Å². The van der Waals surface area contributed by atoms with Crippen LogP contribution in [0.25, 0.3) is 11.4 Å². The Morgan fingerprint density at radius 1 is 1.26 bits per heavy atom. The summed E-state index contributed by atoms with van der Waals surface area (Å²) in [5.41, 5.74) is 2.00. The largest absolute Gasteiger partial charge is 0.356 e. The topological polar surface area (TPSA) is 91.5 Å². The number of guanidine groups is 1. The van der Waals surface area contributed by atoms with Crippen LogP contribution in [0.5, 0.6) is 0 Å². The van der Waals surface area contributed by atoms with E-state index in [4.69, 9.17) is 16.1 Å². The summed E-state index contributed by atoms with van der Waals surface area (Å²) in [5, 5.41) is 11.4. The number of halogens is 1. The molecule has 0 saturated carbocycles. The number of aryl methyl sites for hydroxylation is 1. The Morgan fingerprint density at radius 2 is 2.10 bits per heavy atom. The highest BCUT2D eigenvalue weighted by molar-refractivity contribution is 6.30. The van der Waals surface area contributed by atoms with Crippen LogP contribution in [-0.2, 0) is 6.54 Å². The average Bonchev–Trinajstić information content (AvgIpc) is 3.27. The second-order valence-corrected chi connectivity index (χ2v) is 7.98. The monoisotopic (exact) mass is 439 g/mol. The first-order valence-corrected chi connectivity index (χ1v) is 10.7. The average molecular weight is 440 g/mol. The van der Waals surface area contributed by atoms with Gasteiger partial charge in [-0.25, -0.2) is 4.98 Å². The van der Waals surface area contributed by atoms with Crippen molar-refractivity contribution >= 4 is 23.4 Å². The van der Waals surface area contributed by atoms with E-state index in [1.807, 2.05) is 30.5 Å². The SMILES string of the molecule is CN=C(NCc1nc(-c2cccc(Cl)c2)no1)NC1CCN(c2ccc(C)cn2)CC1. The number of rotatable bonds is 5. The van der Waals surface area contributed by atoms with Gasteiger partial charge in [-0.3, -0.25) is 4.99 Å². The van der Waals surface area contributed by atoms with Crippen molar-refractivity contribution in [3.8, 4) is 11.4 Å². The Morgan fingerprint density at radius 3 is 2.81 bits per heavy atom. The number of nitrogens with one attached hydrogen (secondary N) is 2. The van der Waals surface area contributed by atoms with Gasteiger partial charge in [-0.05, 0) is 43.5 Å². The van der Waals surface area contributed by atoms with Crippen molar-refractivity contribution in [2.45, 2.75) is 32.4 Å². The second kappa shape index (κ2) is 9.78. The minimum Gasteiger partial charge on any atom is -0.356 e. The molecule has 0 radical (unpaired) electrons. The molecule has 2 N–H and O–H groups in total. The molecule has 1 aromatic carbocycles. The van der Waals surface area contributed by atoms with Crippen LogP contribution in [0.3, 0.4) is 0 Å². The van der Waals surface area contributed by atoms with Crippen molar-refractivity contribution in [2.24, 2.45) is 4.99 Å². The number of aliphatic imine (C=N–C) groups is 1. The molecule has 9 heteroatoms. The van der Waals surface area contributed by atoms with Crippen LogP contribution in [0.4, 0.5) is 5.82 Å². The fourth-order valence-electron chi connectivity index (χ4n) is 3.52. The van der Waals surface area contributed by atoms with Crippen LogP contribution in [0, 0.1) is 6.92 Å². The molecule has 0 amide bonds. The first-order valence-electron chi connectivity index (χ1n) is 10.3. The zero-order chi connectivity index (χ0) is 21.6. The van der Waals surface area contributed by atoms with Crippen LogP contribution < -0.4 is 15.5 Å². The van der Waals surface area contributed by atoms with Gasteiger partial charge >= 0.3 is 0 Å². The molecule has 0 aliphatic carbocycles. The first kappa shape index (κ1) is 21.1. The molecular weight excluding hydrogens is 414 g/mol. The molecule has 0 spiro atoms. The highest BCUT2D eigenvalue weighted by atomic mass is 35.5. The fraction of sp³-hybridized carbons (Fsp3) is 0.364. The lowest BCUT2D eigenvalue weighted by molar-refractivity contribution is 0.374. The third-order valence-electron chi connectivity index (χ3n) is 5.24. The van der Waals surface area contributed by atoms with Crippen molar-refractivity contribution in [2.75, 3.05) is 25.0 Å². The molecule has 8 nitrogen and oxygen atoms in total. The van der Waals surface area contributed by atoms with Gasteiger partial charge in [0.2, 0.25) is 11.7 Å². The summed E-state index contributed by atoms with van der Waals surface area (Å²) in [4.78, 5) is 15.6. The normalized spacial score (nSPS) is 15.2. The van der Waals surface area contributed by atoms with Crippen molar-refractivity contribution < 1.29 is 4.52 Å². The maximum atomic E-state index is 6.04. The minimum atomic E-state index is 0.345. The van der Waals surface area contributed by atoms with Crippen LogP contribution >= 0.6 is 11.6 Å². The molecule has 1 saturated heterocycles. The fourth-order valence-corrected chi connectivity index (χ4v) is 3.71. The summed E-state index contributed by atoms with van der Waals surface area (Å²) in [6.45, 7) is 4.35. The van der Waals surface area contributed by atoms with E-state index >= 15 is 0 Å². The van der Waals surface area contributed by atoms with Crippen molar-refractivity contribution in [1.82, 2.24) is 25.8 Å². The highest BCUT2D eigenvalue weighted by Gasteiger charge is 2.21. The molecule has 162 valence electrons. The van der Waals surface area contributed by atoms with Gasteiger partial charge in [-0.15, -0.1) is 0 Å². The van der Waals surface area contributed by atoms with Crippen LogP contribution in [0.2, 0.25) is 5.02 Å². The van der Waals surface area contributed by atoms with Gasteiger partial charge in [0.05, 0.1) is 6.54 Å². The van der Waals surface area contributed by atoms with E-state index in [0.717, 1.165) is 43.3 Å². The van der Waals surface area contributed by atoms with Gasteiger partial charge < -0.3 is 20.1 Å². The Balaban J connectivity index is 1.26. The van der Waals surface area contributed by atoms with Gasteiger partial charge in [0.25, 0.3) is 0 Å². The van der Waals surface area contributed by atoms with Gasteiger partial charge in [-0.2, -0.15) is 4.98 Å². The molecule has 3 aromatic rings. The Bertz CT molecular complexity index is 1030. The van der Waals surface area contributed by atoms with Gasteiger partial charge in [-0.1, -0.05) is 35.0 Å². The number of hydrogen-bond donors (Lipinski definition) is 2. The van der Waals surface area contributed by atoms with E-state index in [9.17, 15) is 0 Å². The standard InChI is InChI=1S/C22H26ClN7O/c1-15-6-7-19(25-13-15)30-10-8-18(9-11-30)27-22(24-2)26-14-20-28-21(29-31-20)16-4-3-5-17(23)12-16/h3-7,12-13,18H,8-11,14H2,1-2H3,(H2,24,26,27). The molecule has 4 rings (SSSR count). The number of aromatic nitrogens is 3. The first-order chi connectivity index (χ1) is 15.1. The third-order valence-corrected chi connectivity index (χ3v) is 5.47. The van der Waals surface area contributed by atoms with Gasteiger partial charge in [0.15, 0.2) is 5.96 Å². The van der Waals surface area contributed by atoms with E-state index in [2.05, 4.69) is 54.7 Å². The maximum absolute atomic E-state index is 6.04. The van der Waals surface area contributed by atoms with Crippen LogP contribution in [0.1, 0.15) is 24.3 Å². The lowest BCUT2D eigenvalue weighted by Gasteiger charge is -2.33. The zero-order valence-electron chi connectivity index (χ0n) is 17.7. The second-order valence-electron chi connectivity index (χ2n) is 7.55. The molecule has 31 heavy (non-hydrogen) atoms. The Labute approximate surface area is 186 Å². The molecule has 0 bridgehead atoms. The molecule has 0 atom stereocenters. The summed E-state index contributed by atoms with van der Waals surface area (Å²) in [5.74, 6) is 2.75. The van der Waals surface area contributed by atoms with Gasteiger partial charge in [0, 0.05) is 43.0 Å². The number of hydrogen-bond acceptors (Lipinski definition) is 6. The molecule has 3 heterocycles. The minimum absolute atomic E-state index is 0.345. The lowest BCUT2D eigenvalue weighted by atomic mass is 10.1. The van der Waals surface area contributed by atoms with Crippen molar-refractivity contribution in [3.63, 3.8) is 0 Å². The molecule has 2 aromatic heterocycles. The number of nitrogens with zero attached hydrogens (tertiary/aromatic N) is 5. The Kier molecular flexibility index (Phi) is 6.66. The van der Waals surface area contributed by atoms with E-state index in [0.29, 0.717) is 29.3 Å². The molecule has 1 fully saturated rings. The third kappa shape index (κ3) is 5.52. The predicted molar refractivity (Wildman–Crippen MR) is 122 cm³/mol. The van der Waals surface area contributed by atoms with E-state index in [1.165, 1.54) is 5.56 Å². The quantitative estimate of drug-likeness (QED) is 0.464. The van der Waals surface area contributed by atoms with E-state index in [-0.39, 0.29) is 0 Å². The number of piperidine rings is 1. The van der Waals surface area contributed by atoms with Crippen LogP contribution in [0.15, 0.2) is 52.1 Å². The zero-order valence-corrected chi connectivity index (χ0v) is 18.4.